The quantitative estimate of drug-likeness (QED) is 0.691. The Labute approximate surface area is 156 Å². The van der Waals surface area contributed by atoms with Crippen molar-refractivity contribution < 1.29 is 9.21 Å². The first-order valence-corrected chi connectivity index (χ1v) is 9.59. The van der Waals surface area contributed by atoms with Crippen LogP contribution in [0.1, 0.15) is 35.6 Å². The lowest BCUT2D eigenvalue weighted by Gasteiger charge is -2.34. The number of fused-ring (bicyclic) bond motifs is 3. The van der Waals surface area contributed by atoms with E-state index >= 15 is 0 Å². The molecule has 8 nitrogen and oxygen atoms in total. The minimum Gasteiger partial charge on any atom is -0.459 e. The smallest absolute Gasteiger partial charge is 0.289 e. The SMILES string of the molecule is O=C(c1ccco1)N1CCN(c2ncnc3c2nc2n3CCCCC2)CC1. The van der Waals surface area contributed by atoms with Crippen LogP contribution in [0, 0.1) is 0 Å². The van der Waals surface area contributed by atoms with Crippen LogP contribution in [0.25, 0.3) is 11.2 Å². The van der Waals surface area contributed by atoms with Gasteiger partial charge < -0.3 is 18.8 Å². The van der Waals surface area contributed by atoms with E-state index in [4.69, 9.17) is 9.40 Å². The van der Waals surface area contributed by atoms with E-state index in [2.05, 4.69) is 19.4 Å². The fourth-order valence-electron chi connectivity index (χ4n) is 4.03. The molecule has 5 rings (SSSR count). The van der Waals surface area contributed by atoms with Crippen molar-refractivity contribution in [3.8, 4) is 0 Å². The molecule has 0 radical (unpaired) electrons. The van der Waals surface area contributed by atoms with Gasteiger partial charge in [0.15, 0.2) is 22.7 Å². The van der Waals surface area contributed by atoms with Crippen LogP contribution >= 0.6 is 0 Å². The number of furan rings is 1. The number of amides is 1. The predicted octanol–water partition coefficient (Wildman–Crippen LogP) is 2.11. The zero-order chi connectivity index (χ0) is 18.2. The largest absolute Gasteiger partial charge is 0.459 e. The van der Waals surface area contributed by atoms with Crippen LogP contribution in [0.2, 0.25) is 0 Å². The van der Waals surface area contributed by atoms with Gasteiger partial charge in [-0.2, -0.15) is 0 Å². The third-order valence-corrected chi connectivity index (χ3v) is 5.47. The van der Waals surface area contributed by atoms with Crippen molar-refractivity contribution in [2.24, 2.45) is 0 Å². The zero-order valence-corrected chi connectivity index (χ0v) is 15.2. The topological polar surface area (TPSA) is 80.3 Å². The van der Waals surface area contributed by atoms with E-state index in [9.17, 15) is 4.79 Å². The van der Waals surface area contributed by atoms with Gasteiger partial charge in [0.05, 0.1) is 6.26 Å². The summed E-state index contributed by atoms with van der Waals surface area (Å²) in [5.74, 6) is 2.34. The molecule has 0 aromatic carbocycles. The number of carbonyl (C=O) groups is 1. The maximum atomic E-state index is 12.5. The molecule has 0 N–H and O–H groups in total. The summed E-state index contributed by atoms with van der Waals surface area (Å²) in [4.78, 5) is 30.4. The first-order chi connectivity index (χ1) is 13.3. The van der Waals surface area contributed by atoms with Crippen LogP contribution in [0.15, 0.2) is 29.1 Å². The zero-order valence-electron chi connectivity index (χ0n) is 15.2. The second-order valence-corrected chi connectivity index (χ2v) is 7.12. The summed E-state index contributed by atoms with van der Waals surface area (Å²) >= 11 is 0. The van der Waals surface area contributed by atoms with Gasteiger partial charge >= 0.3 is 0 Å². The van der Waals surface area contributed by atoms with Crippen LogP contribution in [0.5, 0.6) is 0 Å². The first kappa shape index (κ1) is 16.3. The molecule has 3 aromatic heterocycles. The molecule has 1 saturated heterocycles. The fourth-order valence-corrected chi connectivity index (χ4v) is 4.03. The molecule has 0 aliphatic carbocycles. The third-order valence-electron chi connectivity index (χ3n) is 5.47. The van der Waals surface area contributed by atoms with Gasteiger partial charge in [0.1, 0.15) is 12.2 Å². The number of aromatic nitrogens is 4. The van der Waals surface area contributed by atoms with Gasteiger partial charge in [0.2, 0.25) is 0 Å². The van der Waals surface area contributed by atoms with Gasteiger partial charge in [-0.1, -0.05) is 6.42 Å². The number of aryl methyl sites for hydroxylation is 2. The second-order valence-electron chi connectivity index (χ2n) is 7.12. The minimum atomic E-state index is -0.0545. The van der Waals surface area contributed by atoms with Crippen LogP contribution < -0.4 is 4.90 Å². The number of piperazine rings is 1. The Morgan fingerprint density at radius 3 is 2.74 bits per heavy atom. The van der Waals surface area contributed by atoms with E-state index in [0.717, 1.165) is 48.9 Å². The number of hydrogen-bond donors (Lipinski definition) is 0. The highest BCUT2D eigenvalue weighted by Crippen LogP contribution is 2.27. The molecule has 1 amide bonds. The van der Waals surface area contributed by atoms with Gasteiger partial charge in [0, 0.05) is 39.1 Å². The maximum absolute atomic E-state index is 12.5. The molecule has 0 spiro atoms. The predicted molar refractivity (Wildman–Crippen MR) is 99.7 cm³/mol. The number of nitrogens with zero attached hydrogens (tertiary/aromatic N) is 6. The summed E-state index contributed by atoms with van der Waals surface area (Å²) in [6, 6.07) is 3.45. The molecular formula is C19H22N6O2. The van der Waals surface area contributed by atoms with Gasteiger partial charge in [-0.15, -0.1) is 0 Å². The Morgan fingerprint density at radius 2 is 1.93 bits per heavy atom. The molecule has 0 unspecified atom stereocenters. The van der Waals surface area contributed by atoms with Crippen molar-refractivity contribution in [1.29, 1.82) is 0 Å². The molecule has 140 valence electrons. The summed E-state index contributed by atoms with van der Waals surface area (Å²) in [6.07, 6.45) is 7.77. The molecule has 27 heavy (non-hydrogen) atoms. The van der Waals surface area contributed by atoms with E-state index < -0.39 is 0 Å². The number of rotatable bonds is 2. The van der Waals surface area contributed by atoms with Crippen LogP contribution in [0.3, 0.4) is 0 Å². The molecule has 0 saturated carbocycles. The maximum Gasteiger partial charge on any atom is 0.289 e. The highest BCUT2D eigenvalue weighted by atomic mass is 16.3. The van der Waals surface area contributed by atoms with Crippen molar-refractivity contribution in [3.63, 3.8) is 0 Å². The average Bonchev–Trinajstić information content (AvgIpc) is 3.30. The standard InChI is InChI=1S/C19H22N6O2/c26-19(14-5-4-12-27-14)24-10-8-23(9-11-24)17-16-18(21-13-20-17)25-7-3-1-2-6-15(25)22-16/h4-5,12-13H,1-3,6-11H2. The van der Waals surface area contributed by atoms with Gasteiger partial charge in [0.25, 0.3) is 5.91 Å². The summed E-state index contributed by atoms with van der Waals surface area (Å²) in [6.45, 7) is 3.70. The lowest BCUT2D eigenvalue weighted by molar-refractivity contribution is 0.0714. The van der Waals surface area contributed by atoms with E-state index in [0.29, 0.717) is 18.8 Å². The molecule has 2 aliphatic heterocycles. The Hall–Kier alpha value is -2.90. The summed E-state index contributed by atoms with van der Waals surface area (Å²) < 4.78 is 7.49. The lowest BCUT2D eigenvalue weighted by Crippen LogP contribution is -2.49. The molecular weight excluding hydrogens is 344 g/mol. The summed E-state index contributed by atoms with van der Waals surface area (Å²) in [7, 11) is 0. The van der Waals surface area contributed by atoms with Crippen LogP contribution in [-0.4, -0.2) is 56.5 Å². The lowest BCUT2D eigenvalue weighted by atomic mass is 10.2. The monoisotopic (exact) mass is 366 g/mol. The van der Waals surface area contributed by atoms with Crippen molar-refractivity contribution in [1.82, 2.24) is 24.4 Å². The van der Waals surface area contributed by atoms with E-state index in [1.165, 1.54) is 25.5 Å². The average molecular weight is 366 g/mol. The molecule has 0 bridgehead atoms. The van der Waals surface area contributed by atoms with Gasteiger partial charge in [-0.25, -0.2) is 15.0 Å². The third kappa shape index (κ3) is 2.85. The van der Waals surface area contributed by atoms with E-state index in [1.807, 2.05) is 4.90 Å². The normalized spacial score (nSPS) is 17.8. The van der Waals surface area contributed by atoms with Gasteiger partial charge in [-0.3, -0.25) is 4.79 Å². The number of imidazole rings is 1. The van der Waals surface area contributed by atoms with Crippen LogP contribution in [0.4, 0.5) is 5.82 Å². The molecule has 5 heterocycles. The Balaban J connectivity index is 1.38. The second kappa shape index (κ2) is 6.68. The summed E-state index contributed by atoms with van der Waals surface area (Å²) in [5, 5.41) is 0. The van der Waals surface area contributed by atoms with Crippen molar-refractivity contribution in [2.45, 2.75) is 32.2 Å². The van der Waals surface area contributed by atoms with Gasteiger partial charge in [-0.05, 0) is 25.0 Å². The Morgan fingerprint density at radius 1 is 1.04 bits per heavy atom. The Bertz CT molecular complexity index is 956. The first-order valence-electron chi connectivity index (χ1n) is 9.59. The number of hydrogen-bond acceptors (Lipinski definition) is 6. The van der Waals surface area contributed by atoms with Crippen molar-refractivity contribution in [2.75, 3.05) is 31.1 Å². The Kier molecular flexibility index (Phi) is 4.03. The minimum absolute atomic E-state index is 0.0545. The molecule has 1 fully saturated rings. The van der Waals surface area contributed by atoms with E-state index in [-0.39, 0.29) is 5.91 Å². The number of anilines is 1. The van der Waals surface area contributed by atoms with Crippen LogP contribution in [-0.2, 0) is 13.0 Å². The number of carbonyl (C=O) groups excluding carboxylic acids is 1. The van der Waals surface area contributed by atoms with Crippen molar-refractivity contribution in [3.05, 3.63) is 36.3 Å². The summed E-state index contributed by atoms with van der Waals surface area (Å²) in [5.41, 5.74) is 1.83. The molecule has 8 heteroatoms. The van der Waals surface area contributed by atoms with E-state index in [1.54, 1.807) is 18.5 Å². The highest BCUT2D eigenvalue weighted by Gasteiger charge is 2.27. The molecule has 0 atom stereocenters. The molecule has 3 aromatic rings. The highest BCUT2D eigenvalue weighted by molar-refractivity contribution is 5.91. The fraction of sp³-hybridized carbons (Fsp3) is 0.474. The molecule has 2 aliphatic rings. The van der Waals surface area contributed by atoms with Crippen molar-refractivity contribution >= 4 is 22.9 Å².